The van der Waals surface area contributed by atoms with E-state index in [1.54, 1.807) is 6.20 Å². The molecule has 0 spiro atoms. The summed E-state index contributed by atoms with van der Waals surface area (Å²) in [7, 11) is 0. The minimum absolute atomic E-state index is 0.0198. The molecular weight excluding hydrogens is 328 g/mol. The first-order chi connectivity index (χ1) is 12.6. The van der Waals surface area contributed by atoms with Crippen LogP contribution in [0.5, 0.6) is 0 Å². The SMILES string of the molecule is Cc1ccc(CC(=O)NC2CCc3ncc(C(=O)NC4CC4)n3C2)cc1. The number of hydrogen-bond acceptors (Lipinski definition) is 3. The lowest BCUT2D eigenvalue weighted by Crippen LogP contribution is -2.42. The third-order valence-electron chi connectivity index (χ3n) is 5.05. The number of fused-ring (bicyclic) bond motifs is 1. The number of rotatable bonds is 5. The zero-order valence-corrected chi connectivity index (χ0v) is 15.0. The van der Waals surface area contributed by atoms with Gasteiger partial charge in [-0.3, -0.25) is 9.59 Å². The lowest BCUT2D eigenvalue weighted by atomic mass is 10.1. The van der Waals surface area contributed by atoms with Crippen molar-refractivity contribution in [2.24, 2.45) is 0 Å². The maximum atomic E-state index is 12.4. The van der Waals surface area contributed by atoms with Gasteiger partial charge < -0.3 is 15.2 Å². The van der Waals surface area contributed by atoms with Gasteiger partial charge in [0.1, 0.15) is 11.5 Å². The minimum Gasteiger partial charge on any atom is -0.351 e. The van der Waals surface area contributed by atoms with Gasteiger partial charge in [-0.25, -0.2) is 4.98 Å². The second kappa shape index (κ2) is 6.94. The summed E-state index contributed by atoms with van der Waals surface area (Å²) in [5, 5.41) is 6.12. The summed E-state index contributed by atoms with van der Waals surface area (Å²) in [6.45, 7) is 2.63. The molecule has 2 N–H and O–H groups in total. The van der Waals surface area contributed by atoms with Crippen molar-refractivity contribution in [1.82, 2.24) is 20.2 Å². The fourth-order valence-electron chi connectivity index (χ4n) is 3.39. The van der Waals surface area contributed by atoms with E-state index in [9.17, 15) is 9.59 Å². The Hall–Kier alpha value is -2.63. The van der Waals surface area contributed by atoms with Gasteiger partial charge in [-0.2, -0.15) is 0 Å². The Morgan fingerprint density at radius 3 is 2.62 bits per heavy atom. The molecule has 1 aromatic carbocycles. The quantitative estimate of drug-likeness (QED) is 0.861. The van der Waals surface area contributed by atoms with E-state index in [1.165, 1.54) is 5.56 Å². The second-order valence-corrected chi connectivity index (χ2v) is 7.38. The van der Waals surface area contributed by atoms with Gasteiger partial charge in [0.05, 0.1) is 12.6 Å². The highest BCUT2D eigenvalue weighted by Crippen LogP contribution is 2.21. The zero-order valence-electron chi connectivity index (χ0n) is 15.0. The molecular formula is C20H24N4O2. The highest BCUT2D eigenvalue weighted by Gasteiger charge is 2.28. The molecule has 4 rings (SSSR count). The summed E-state index contributed by atoms with van der Waals surface area (Å²) < 4.78 is 1.96. The molecule has 0 bridgehead atoms. The molecule has 0 radical (unpaired) electrons. The Morgan fingerprint density at radius 2 is 1.88 bits per heavy atom. The van der Waals surface area contributed by atoms with E-state index in [1.807, 2.05) is 35.8 Å². The Balaban J connectivity index is 1.38. The van der Waals surface area contributed by atoms with E-state index in [4.69, 9.17) is 0 Å². The monoisotopic (exact) mass is 352 g/mol. The Bertz CT molecular complexity index is 821. The standard InChI is InChI=1S/C20H24N4O2/c1-13-2-4-14(5-3-13)10-19(25)22-16-8-9-18-21-11-17(24(18)12-16)20(26)23-15-6-7-15/h2-5,11,15-16H,6-10,12H2,1H3,(H,22,25)(H,23,26). The van der Waals surface area contributed by atoms with Gasteiger partial charge in [0.25, 0.3) is 5.91 Å². The summed E-state index contributed by atoms with van der Waals surface area (Å²) in [5.41, 5.74) is 2.80. The molecule has 0 saturated heterocycles. The van der Waals surface area contributed by atoms with Gasteiger partial charge >= 0.3 is 0 Å². The van der Waals surface area contributed by atoms with Crippen LogP contribution >= 0.6 is 0 Å². The van der Waals surface area contributed by atoms with Crippen LogP contribution in [0.3, 0.4) is 0 Å². The van der Waals surface area contributed by atoms with Crippen LogP contribution < -0.4 is 10.6 Å². The van der Waals surface area contributed by atoms with Crippen molar-refractivity contribution >= 4 is 11.8 Å². The van der Waals surface area contributed by atoms with E-state index in [0.29, 0.717) is 24.7 Å². The van der Waals surface area contributed by atoms with Crippen LogP contribution in [-0.2, 0) is 24.2 Å². The van der Waals surface area contributed by atoms with Crippen molar-refractivity contribution in [3.8, 4) is 0 Å². The fraction of sp³-hybridized carbons (Fsp3) is 0.450. The van der Waals surface area contributed by atoms with Gasteiger partial charge in [-0.1, -0.05) is 29.8 Å². The molecule has 136 valence electrons. The summed E-state index contributed by atoms with van der Waals surface area (Å²) in [6.07, 6.45) is 5.77. The molecule has 2 aliphatic rings. The molecule has 2 aromatic rings. The fourth-order valence-corrected chi connectivity index (χ4v) is 3.39. The average molecular weight is 352 g/mol. The number of carbonyl (C=O) groups is 2. The van der Waals surface area contributed by atoms with Crippen molar-refractivity contribution in [3.05, 3.63) is 53.1 Å². The zero-order chi connectivity index (χ0) is 18.1. The maximum absolute atomic E-state index is 12.4. The molecule has 1 aromatic heterocycles. The molecule has 1 aliphatic heterocycles. The number of amides is 2. The van der Waals surface area contributed by atoms with Crippen LogP contribution in [0.4, 0.5) is 0 Å². The number of nitrogens with zero attached hydrogens (tertiary/aromatic N) is 2. The summed E-state index contributed by atoms with van der Waals surface area (Å²) in [5.74, 6) is 0.888. The summed E-state index contributed by atoms with van der Waals surface area (Å²) in [6, 6.07) is 8.37. The summed E-state index contributed by atoms with van der Waals surface area (Å²) >= 11 is 0. The van der Waals surface area contributed by atoms with E-state index in [-0.39, 0.29) is 17.9 Å². The molecule has 26 heavy (non-hydrogen) atoms. The van der Waals surface area contributed by atoms with Gasteiger partial charge in [-0.05, 0) is 31.7 Å². The van der Waals surface area contributed by atoms with Gasteiger partial charge in [0.2, 0.25) is 5.91 Å². The Kier molecular flexibility index (Phi) is 4.49. The van der Waals surface area contributed by atoms with Crippen molar-refractivity contribution in [2.45, 2.75) is 57.7 Å². The number of benzene rings is 1. The topological polar surface area (TPSA) is 76.0 Å². The van der Waals surface area contributed by atoms with E-state index < -0.39 is 0 Å². The second-order valence-electron chi connectivity index (χ2n) is 7.38. The van der Waals surface area contributed by atoms with E-state index >= 15 is 0 Å². The number of aryl methyl sites for hydroxylation is 2. The molecule has 1 unspecified atom stereocenters. The van der Waals surface area contributed by atoms with Crippen molar-refractivity contribution in [1.29, 1.82) is 0 Å². The smallest absolute Gasteiger partial charge is 0.269 e. The Morgan fingerprint density at radius 1 is 1.12 bits per heavy atom. The molecule has 1 atom stereocenters. The minimum atomic E-state index is -0.0575. The number of nitrogens with one attached hydrogen (secondary N) is 2. The van der Waals surface area contributed by atoms with Gasteiger partial charge in [0.15, 0.2) is 0 Å². The number of aromatic nitrogens is 2. The van der Waals surface area contributed by atoms with Crippen LogP contribution in [0.25, 0.3) is 0 Å². The largest absolute Gasteiger partial charge is 0.351 e. The molecule has 2 heterocycles. The van der Waals surface area contributed by atoms with E-state index in [0.717, 1.165) is 37.1 Å². The van der Waals surface area contributed by atoms with Crippen molar-refractivity contribution in [2.75, 3.05) is 0 Å². The van der Waals surface area contributed by atoms with Crippen LogP contribution in [0, 0.1) is 6.92 Å². The predicted octanol–water partition coefficient (Wildman–Crippen LogP) is 1.76. The average Bonchev–Trinajstić information content (AvgIpc) is 3.32. The lowest BCUT2D eigenvalue weighted by molar-refractivity contribution is -0.121. The normalized spacial score (nSPS) is 18.9. The van der Waals surface area contributed by atoms with Crippen molar-refractivity contribution in [3.63, 3.8) is 0 Å². The molecule has 1 fully saturated rings. The van der Waals surface area contributed by atoms with Crippen LogP contribution in [0.1, 0.15) is 46.7 Å². The Labute approximate surface area is 153 Å². The first-order valence-electron chi connectivity index (χ1n) is 9.28. The first kappa shape index (κ1) is 16.8. The van der Waals surface area contributed by atoms with Crippen LogP contribution in [-0.4, -0.2) is 33.4 Å². The highest BCUT2D eigenvalue weighted by molar-refractivity contribution is 5.93. The molecule has 6 heteroatoms. The first-order valence-corrected chi connectivity index (χ1v) is 9.28. The molecule has 2 amide bonds. The number of carbonyl (C=O) groups excluding carboxylic acids is 2. The third-order valence-corrected chi connectivity index (χ3v) is 5.05. The van der Waals surface area contributed by atoms with Gasteiger partial charge in [0, 0.05) is 25.0 Å². The summed E-state index contributed by atoms with van der Waals surface area (Å²) in [4.78, 5) is 29.1. The third kappa shape index (κ3) is 3.79. The molecule has 6 nitrogen and oxygen atoms in total. The van der Waals surface area contributed by atoms with Crippen LogP contribution in [0.15, 0.2) is 30.5 Å². The maximum Gasteiger partial charge on any atom is 0.269 e. The predicted molar refractivity (Wildman–Crippen MR) is 97.8 cm³/mol. The van der Waals surface area contributed by atoms with E-state index in [2.05, 4.69) is 15.6 Å². The van der Waals surface area contributed by atoms with Crippen molar-refractivity contribution < 1.29 is 9.59 Å². The molecule has 1 saturated carbocycles. The highest BCUT2D eigenvalue weighted by atomic mass is 16.2. The van der Waals surface area contributed by atoms with Gasteiger partial charge in [-0.15, -0.1) is 0 Å². The number of imidazole rings is 1. The lowest BCUT2D eigenvalue weighted by Gasteiger charge is -2.26. The molecule has 1 aliphatic carbocycles. The van der Waals surface area contributed by atoms with Crippen LogP contribution in [0.2, 0.25) is 0 Å². The number of hydrogen-bond donors (Lipinski definition) is 2.